The molecule has 0 radical (unpaired) electrons. The van der Waals surface area contributed by atoms with Crippen molar-refractivity contribution in [1.82, 2.24) is 13.9 Å². The zero-order valence-electron chi connectivity index (χ0n) is 12.2. The van der Waals surface area contributed by atoms with Crippen LogP contribution in [-0.2, 0) is 0 Å². The van der Waals surface area contributed by atoms with Crippen molar-refractivity contribution in [2.75, 3.05) is 20.0 Å². The van der Waals surface area contributed by atoms with E-state index in [4.69, 9.17) is 15.2 Å². The number of anilines is 1. The number of pyridine rings is 2. The van der Waals surface area contributed by atoms with Gasteiger partial charge in [-0.1, -0.05) is 0 Å². The highest BCUT2D eigenvalue weighted by atomic mass is 32.2. The quantitative estimate of drug-likeness (QED) is 0.787. The maximum Gasteiger partial charge on any atom is 0.225 e. The number of fused-ring (bicyclic) bond motifs is 1. The average Bonchev–Trinajstić information content (AvgIpc) is 2.91. The zero-order chi connectivity index (χ0) is 16.6. The molecular formula is C14H12F2N4O2S. The van der Waals surface area contributed by atoms with Crippen molar-refractivity contribution in [2.24, 2.45) is 0 Å². The Balaban J connectivity index is 2.40. The molecule has 0 unspecified atom stereocenters. The van der Waals surface area contributed by atoms with Crippen LogP contribution in [0.2, 0.25) is 0 Å². The molecule has 2 N–H and O–H groups in total. The first-order chi connectivity index (χ1) is 11.1. The molecule has 0 atom stereocenters. The first kappa shape index (κ1) is 15.3. The van der Waals surface area contributed by atoms with Gasteiger partial charge in [0.25, 0.3) is 0 Å². The third kappa shape index (κ3) is 2.42. The topological polar surface area (TPSA) is 75.2 Å². The second kappa shape index (κ2) is 5.92. The van der Waals surface area contributed by atoms with Crippen LogP contribution in [0, 0.1) is 5.82 Å². The molecule has 3 heterocycles. The summed E-state index contributed by atoms with van der Waals surface area (Å²) in [6.07, 6.45) is 2.46. The predicted molar refractivity (Wildman–Crippen MR) is 84.5 cm³/mol. The first-order valence-corrected chi connectivity index (χ1v) is 7.11. The van der Waals surface area contributed by atoms with E-state index in [0.717, 1.165) is 6.20 Å². The lowest BCUT2D eigenvalue weighted by molar-refractivity contribution is 0.367. The molecule has 3 rings (SSSR count). The molecule has 3 aromatic heterocycles. The maximum absolute atomic E-state index is 14.0. The van der Waals surface area contributed by atoms with Crippen LogP contribution in [0.4, 0.5) is 14.1 Å². The van der Waals surface area contributed by atoms with Crippen molar-refractivity contribution in [3.05, 3.63) is 30.3 Å². The Labute approximate surface area is 134 Å². The molecule has 0 aliphatic heterocycles. The van der Waals surface area contributed by atoms with Crippen LogP contribution in [0.3, 0.4) is 0 Å². The third-order valence-corrected chi connectivity index (χ3v) is 3.76. The maximum atomic E-state index is 14.0. The number of nitrogens with two attached hydrogens (primary N) is 1. The number of nitrogens with zero attached hydrogens (tertiary/aromatic N) is 3. The van der Waals surface area contributed by atoms with E-state index >= 15 is 0 Å². The van der Waals surface area contributed by atoms with Gasteiger partial charge in [0.15, 0.2) is 29.5 Å². The van der Waals surface area contributed by atoms with Gasteiger partial charge in [-0.3, -0.25) is 0 Å². The number of nitrogen functional groups attached to an aromatic ring is 1. The van der Waals surface area contributed by atoms with Crippen LogP contribution in [0.25, 0.3) is 22.2 Å². The van der Waals surface area contributed by atoms with E-state index in [2.05, 4.69) is 9.97 Å². The minimum Gasteiger partial charge on any atom is -0.493 e. The fourth-order valence-corrected chi connectivity index (χ4v) is 2.74. The first-order valence-electron chi connectivity index (χ1n) is 6.44. The number of ether oxygens (including phenoxy) is 2. The number of hydrogen-bond donors (Lipinski definition) is 1. The fraction of sp³-hybridized carbons (Fsp3) is 0.143. The summed E-state index contributed by atoms with van der Waals surface area (Å²) in [5.41, 5.74) is 6.71. The normalized spacial score (nSPS) is 11.0. The summed E-state index contributed by atoms with van der Waals surface area (Å²) in [7, 11) is 2.74. The van der Waals surface area contributed by atoms with E-state index in [1.54, 1.807) is 12.1 Å². The molecule has 0 bridgehead atoms. The van der Waals surface area contributed by atoms with Gasteiger partial charge < -0.3 is 15.2 Å². The Morgan fingerprint density at radius 1 is 1.26 bits per heavy atom. The van der Waals surface area contributed by atoms with E-state index in [9.17, 15) is 8.28 Å². The van der Waals surface area contributed by atoms with Crippen LogP contribution < -0.4 is 15.2 Å². The minimum atomic E-state index is -0.652. The van der Waals surface area contributed by atoms with E-state index in [0.29, 0.717) is 16.6 Å². The molecule has 0 fully saturated rings. The number of rotatable bonds is 4. The summed E-state index contributed by atoms with van der Waals surface area (Å²) in [5, 5.41) is 0.563. The van der Waals surface area contributed by atoms with Gasteiger partial charge in [-0.25, -0.2) is 18.3 Å². The number of hydrogen-bond acceptors (Lipinski definition) is 6. The third-order valence-electron chi connectivity index (χ3n) is 3.34. The Morgan fingerprint density at radius 2 is 2.04 bits per heavy atom. The highest BCUT2D eigenvalue weighted by molar-refractivity contribution is 7.92. The molecule has 0 aromatic carbocycles. The molecule has 120 valence electrons. The molecule has 0 saturated carbocycles. The molecule has 0 aliphatic rings. The van der Waals surface area contributed by atoms with Gasteiger partial charge in [0.05, 0.1) is 26.0 Å². The summed E-state index contributed by atoms with van der Waals surface area (Å²) in [6, 6.07) is 3.24. The van der Waals surface area contributed by atoms with E-state index in [1.165, 1.54) is 24.4 Å². The Kier molecular flexibility index (Phi) is 3.95. The highest BCUT2D eigenvalue weighted by Crippen LogP contribution is 2.43. The van der Waals surface area contributed by atoms with Crippen LogP contribution >= 0.6 is 12.3 Å². The van der Waals surface area contributed by atoms with E-state index < -0.39 is 5.82 Å². The van der Waals surface area contributed by atoms with Crippen molar-refractivity contribution in [3.63, 3.8) is 0 Å². The number of methoxy groups -OCH3 is 2. The second-order valence-corrected chi connectivity index (χ2v) is 5.10. The Hall–Kier alpha value is -2.55. The zero-order valence-corrected chi connectivity index (χ0v) is 13.0. The summed E-state index contributed by atoms with van der Waals surface area (Å²) in [4.78, 5) is 8.02. The van der Waals surface area contributed by atoms with Crippen molar-refractivity contribution < 1.29 is 17.7 Å². The lowest BCUT2D eigenvalue weighted by atomic mass is 10.1. The van der Waals surface area contributed by atoms with Crippen LogP contribution in [-0.4, -0.2) is 28.2 Å². The molecule has 0 saturated heterocycles. The molecule has 0 spiro atoms. The fourth-order valence-electron chi connectivity index (χ4n) is 2.39. The smallest absolute Gasteiger partial charge is 0.225 e. The van der Waals surface area contributed by atoms with Gasteiger partial charge in [-0.15, -0.1) is 3.89 Å². The van der Waals surface area contributed by atoms with Crippen molar-refractivity contribution in [2.45, 2.75) is 0 Å². The summed E-state index contributed by atoms with van der Waals surface area (Å²) < 4.78 is 38.8. The van der Waals surface area contributed by atoms with Gasteiger partial charge in [0.1, 0.15) is 5.82 Å². The minimum absolute atomic E-state index is 0.0436. The van der Waals surface area contributed by atoms with Gasteiger partial charge in [0, 0.05) is 17.1 Å². The lowest BCUT2D eigenvalue weighted by Gasteiger charge is -2.12. The van der Waals surface area contributed by atoms with Crippen molar-refractivity contribution in [3.8, 4) is 22.8 Å². The van der Waals surface area contributed by atoms with Crippen molar-refractivity contribution >= 4 is 29.2 Å². The molecule has 9 heteroatoms. The lowest BCUT2D eigenvalue weighted by Crippen LogP contribution is -1.98. The van der Waals surface area contributed by atoms with Gasteiger partial charge >= 0.3 is 0 Å². The summed E-state index contributed by atoms with van der Waals surface area (Å²) in [5.74, 6) is -0.297. The van der Waals surface area contributed by atoms with Crippen LogP contribution in [0.15, 0.2) is 24.5 Å². The monoisotopic (exact) mass is 338 g/mol. The van der Waals surface area contributed by atoms with Gasteiger partial charge in [-0.05, 0) is 12.1 Å². The highest BCUT2D eigenvalue weighted by Gasteiger charge is 2.23. The van der Waals surface area contributed by atoms with E-state index in [1.807, 2.05) is 0 Å². The standard InChI is InChI=1S/C14H12F2N4O2S/c1-21-12-9(15)5-18-14(22-2)11(12)8-6-20(23-16)13-7(8)3-4-10(17)19-13/h3-6H,1-2H3,(H2,17,19). The molecule has 3 aromatic rings. The average molecular weight is 338 g/mol. The Bertz CT molecular complexity index is 885. The van der Waals surface area contributed by atoms with Crippen LogP contribution in [0.1, 0.15) is 0 Å². The predicted octanol–water partition coefficient (Wildman–Crippen LogP) is 3.22. The molecule has 0 aliphatic carbocycles. The summed E-state index contributed by atoms with van der Waals surface area (Å²) >= 11 is -0.0436. The molecule has 6 nitrogen and oxygen atoms in total. The van der Waals surface area contributed by atoms with Gasteiger partial charge in [0.2, 0.25) is 5.88 Å². The largest absolute Gasteiger partial charge is 0.493 e. The summed E-state index contributed by atoms with van der Waals surface area (Å²) in [6.45, 7) is 0. The number of halogens is 2. The van der Waals surface area contributed by atoms with E-state index in [-0.39, 0.29) is 35.3 Å². The molecule has 23 heavy (non-hydrogen) atoms. The van der Waals surface area contributed by atoms with Crippen molar-refractivity contribution in [1.29, 1.82) is 0 Å². The SMILES string of the molecule is COc1ncc(F)c(OC)c1-c1cn(SF)c2nc(N)ccc12. The molecule has 0 amide bonds. The number of aromatic nitrogens is 3. The molecular weight excluding hydrogens is 326 g/mol. The second-order valence-electron chi connectivity index (χ2n) is 4.57. The Morgan fingerprint density at radius 3 is 2.70 bits per heavy atom. The van der Waals surface area contributed by atoms with Gasteiger partial charge in [-0.2, -0.15) is 0 Å². The van der Waals surface area contributed by atoms with Crippen LogP contribution in [0.5, 0.6) is 11.6 Å².